The van der Waals surface area contributed by atoms with Crippen LogP contribution >= 0.6 is 0 Å². The molecule has 184 valence electrons. The zero-order chi connectivity index (χ0) is 25.4. The molecule has 0 bridgehead atoms. The monoisotopic (exact) mass is 483 g/mol. The van der Waals surface area contributed by atoms with E-state index >= 15 is 0 Å². The molecule has 1 aromatic heterocycles. The fourth-order valence-electron chi connectivity index (χ4n) is 5.89. The van der Waals surface area contributed by atoms with Crippen LogP contribution in [0.4, 0.5) is 5.69 Å². The lowest BCUT2D eigenvalue weighted by molar-refractivity contribution is -0.148. The van der Waals surface area contributed by atoms with E-state index in [4.69, 9.17) is 0 Å². The van der Waals surface area contributed by atoms with Crippen LogP contribution in [0.1, 0.15) is 42.3 Å². The van der Waals surface area contributed by atoms with E-state index in [1.807, 2.05) is 62.4 Å². The molecule has 0 saturated carbocycles. The number of amides is 2. The van der Waals surface area contributed by atoms with Crippen LogP contribution in [0.5, 0.6) is 0 Å². The number of hydrogen-bond donors (Lipinski definition) is 2. The van der Waals surface area contributed by atoms with Crippen LogP contribution < -0.4 is 10.2 Å². The normalized spacial score (nSPS) is 25.3. The molecule has 2 fully saturated rings. The SMILES string of the molecule is CCc1cccc(CC)c1N1C(=O)C2C(c3ccccn3)NC(Cc3ccccc3)(C(=O)O)C2C1=O. The molecule has 2 amide bonds. The van der Waals surface area contributed by atoms with E-state index < -0.39 is 35.3 Å². The van der Waals surface area contributed by atoms with Gasteiger partial charge in [-0.2, -0.15) is 0 Å². The molecule has 5 rings (SSSR count). The Morgan fingerprint density at radius 3 is 2.19 bits per heavy atom. The summed E-state index contributed by atoms with van der Waals surface area (Å²) in [7, 11) is 0. The number of aromatic nitrogens is 1. The van der Waals surface area contributed by atoms with E-state index in [2.05, 4.69) is 10.3 Å². The van der Waals surface area contributed by atoms with E-state index in [1.165, 1.54) is 4.90 Å². The lowest BCUT2D eigenvalue weighted by Crippen LogP contribution is -2.57. The minimum Gasteiger partial charge on any atom is -0.480 e. The molecule has 2 aromatic carbocycles. The standard InChI is InChI=1S/C29H29N3O4/c1-3-19-13-10-14-20(4-2)25(19)32-26(33)22-23(27(32)34)29(28(35)36,17-18-11-6-5-7-12-18)31-24(22)21-15-8-9-16-30-21/h5-16,22-24,31H,3-4,17H2,1-2H3,(H,35,36). The fourth-order valence-corrected chi connectivity index (χ4v) is 5.89. The minimum atomic E-state index is -1.66. The number of pyridine rings is 1. The average Bonchev–Trinajstić information content (AvgIpc) is 3.38. The molecule has 7 heteroatoms. The Kier molecular flexibility index (Phi) is 6.18. The third-order valence-electron chi connectivity index (χ3n) is 7.56. The van der Waals surface area contributed by atoms with Gasteiger partial charge in [-0.05, 0) is 41.7 Å². The maximum absolute atomic E-state index is 14.2. The molecule has 4 unspecified atom stereocenters. The van der Waals surface area contributed by atoms with Crippen molar-refractivity contribution in [3.63, 3.8) is 0 Å². The van der Waals surface area contributed by atoms with Crippen LogP contribution in [0, 0.1) is 11.8 Å². The lowest BCUT2D eigenvalue weighted by Gasteiger charge is -2.32. The number of aliphatic carboxylic acids is 1. The third kappa shape index (κ3) is 3.62. The molecule has 2 aliphatic rings. The number of aryl methyl sites for hydroxylation is 2. The summed E-state index contributed by atoms with van der Waals surface area (Å²) in [4.78, 5) is 47.1. The van der Waals surface area contributed by atoms with Gasteiger partial charge >= 0.3 is 5.97 Å². The minimum absolute atomic E-state index is 0.0661. The van der Waals surface area contributed by atoms with Crippen LogP contribution in [0.3, 0.4) is 0 Å². The molecule has 4 atom stereocenters. The summed E-state index contributed by atoms with van der Waals surface area (Å²) in [5, 5.41) is 13.9. The number of anilines is 1. The van der Waals surface area contributed by atoms with Gasteiger partial charge in [0.15, 0.2) is 0 Å². The summed E-state index contributed by atoms with van der Waals surface area (Å²) in [5.41, 5.74) is 2.04. The highest BCUT2D eigenvalue weighted by atomic mass is 16.4. The van der Waals surface area contributed by atoms with E-state index in [0.717, 1.165) is 16.7 Å². The maximum Gasteiger partial charge on any atom is 0.325 e. The van der Waals surface area contributed by atoms with Crippen molar-refractivity contribution in [3.05, 3.63) is 95.3 Å². The Morgan fingerprint density at radius 1 is 0.944 bits per heavy atom. The number of carbonyl (C=O) groups is 3. The van der Waals surface area contributed by atoms with Gasteiger partial charge in [-0.3, -0.25) is 24.7 Å². The molecule has 36 heavy (non-hydrogen) atoms. The number of nitrogens with one attached hydrogen (secondary N) is 1. The fraction of sp³-hybridized carbons (Fsp3) is 0.310. The van der Waals surface area contributed by atoms with Crippen molar-refractivity contribution in [1.82, 2.24) is 10.3 Å². The highest BCUT2D eigenvalue weighted by Gasteiger charge is 2.69. The number of nitrogens with zero attached hydrogens (tertiary/aromatic N) is 2. The van der Waals surface area contributed by atoms with Crippen molar-refractivity contribution in [2.45, 2.75) is 44.7 Å². The average molecular weight is 484 g/mol. The van der Waals surface area contributed by atoms with Gasteiger partial charge in [0.1, 0.15) is 5.54 Å². The highest BCUT2D eigenvalue weighted by Crippen LogP contribution is 2.51. The summed E-state index contributed by atoms with van der Waals surface area (Å²) >= 11 is 0. The Bertz CT molecular complexity index is 1290. The number of carboxylic acids is 1. The molecule has 2 aliphatic heterocycles. The molecule has 2 N–H and O–H groups in total. The molecule has 3 aromatic rings. The number of carboxylic acid groups (broad SMARTS) is 1. The predicted molar refractivity (Wildman–Crippen MR) is 135 cm³/mol. The Balaban J connectivity index is 1.70. The van der Waals surface area contributed by atoms with Crippen LogP contribution in [0.25, 0.3) is 0 Å². The number of rotatable bonds is 7. The second-order valence-electron chi connectivity index (χ2n) is 9.46. The van der Waals surface area contributed by atoms with Crippen molar-refractivity contribution in [2.75, 3.05) is 4.90 Å². The first-order chi connectivity index (χ1) is 17.4. The second kappa shape index (κ2) is 9.32. The first-order valence-electron chi connectivity index (χ1n) is 12.4. The summed E-state index contributed by atoms with van der Waals surface area (Å²) in [6.07, 6.45) is 2.97. The third-order valence-corrected chi connectivity index (χ3v) is 7.56. The largest absolute Gasteiger partial charge is 0.480 e. The zero-order valence-corrected chi connectivity index (χ0v) is 20.3. The zero-order valence-electron chi connectivity index (χ0n) is 20.3. The van der Waals surface area contributed by atoms with E-state index in [0.29, 0.717) is 24.2 Å². The summed E-state index contributed by atoms with van der Waals surface area (Å²) < 4.78 is 0. The number of para-hydroxylation sites is 1. The van der Waals surface area contributed by atoms with Crippen LogP contribution in [0.15, 0.2) is 72.9 Å². The smallest absolute Gasteiger partial charge is 0.325 e. The van der Waals surface area contributed by atoms with Gasteiger partial charge in [0.2, 0.25) is 11.8 Å². The van der Waals surface area contributed by atoms with Crippen LogP contribution in [-0.2, 0) is 33.6 Å². The summed E-state index contributed by atoms with van der Waals surface area (Å²) in [6.45, 7) is 3.97. The molecule has 3 heterocycles. The quantitative estimate of drug-likeness (QED) is 0.497. The molecule has 2 saturated heterocycles. The van der Waals surface area contributed by atoms with Gasteiger partial charge in [0, 0.05) is 12.6 Å². The molecule has 0 radical (unpaired) electrons. The number of hydrogen-bond acceptors (Lipinski definition) is 5. The van der Waals surface area contributed by atoms with Crippen molar-refractivity contribution >= 4 is 23.5 Å². The Labute approximate surface area is 210 Å². The topological polar surface area (TPSA) is 99.6 Å². The van der Waals surface area contributed by atoms with Crippen molar-refractivity contribution < 1.29 is 19.5 Å². The number of carbonyl (C=O) groups excluding carboxylic acids is 2. The summed E-state index contributed by atoms with van der Waals surface area (Å²) in [6, 6.07) is 19.6. The van der Waals surface area contributed by atoms with Gasteiger partial charge in [-0.25, -0.2) is 4.90 Å². The van der Waals surface area contributed by atoms with Crippen molar-refractivity contribution in [2.24, 2.45) is 11.8 Å². The number of benzene rings is 2. The Hall–Kier alpha value is -3.84. The summed E-state index contributed by atoms with van der Waals surface area (Å²) in [5.74, 6) is -3.96. The molecule has 0 aliphatic carbocycles. The van der Waals surface area contributed by atoms with Crippen molar-refractivity contribution in [3.8, 4) is 0 Å². The molecular formula is C29H29N3O4. The first-order valence-corrected chi connectivity index (χ1v) is 12.4. The van der Waals surface area contributed by atoms with Crippen molar-refractivity contribution in [1.29, 1.82) is 0 Å². The maximum atomic E-state index is 14.2. The predicted octanol–water partition coefficient (Wildman–Crippen LogP) is 3.72. The van der Waals surface area contributed by atoms with Gasteiger partial charge in [-0.1, -0.05) is 68.4 Å². The van der Waals surface area contributed by atoms with Gasteiger partial charge in [0.25, 0.3) is 0 Å². The van der Waals surface area contributed by atoms with E-state index in [-0.39, 0.29) is 12.3 Å². The molecule has 7 nitrogen and oxygen atoms in total. The lowest BCUT2D eigenvalue weighted by atomic mass is 9.76. The van der Waals surface area contributed by atoms with Gasteiger partial charge < -0.3 is 5.11 Å². The Morgan fingerprint density at radius 2 is 1.61 bits per heavy atom. The molecule has 0 spiro atoms. The van der Waals surface area contributed by atoms with Gasteiger partial charge in [0.05, 0.1) is 29.3 Å². The number of fused-ring (bicyclic) bond motifs is 1. The molecular weight excluding hydrogens is 454 g/mol. The number of imide groups is 1. The first kappa shape index (κ1) is 23.9. The highest BCUT2D eigenvalue weighted by molar-refractivity contribution is 6.25. The van der Waals surface area contributed by atoms with Crippen LogP contribution in [-0.4, -0.2) is 33.4 Å². The van der Waals surface area contributed by atoms with Crippen LogP contribution in [0.2, 0.25) is 0 Å². The van der Waals surface area contributed by atoms with E-state index in [9.17, 15) is 19.5 Å². The van der Waals surface area contributed by atoms with E-state index in [1.54, 1.807) is 24.4 Å². The second-order valence-corrected chi connectivity index (χ2v) is 9.46. The van der Waals surface area contributed by atoms with Gasteiger partial charge in [-0.15, -0.1) is 0 Å².